The number of thiazole rings is 1. The third-order valence-corrected chi connectivity index (χ3v) is 7.10. The molecule has 0 bridgehead atoms. The van der Waals surface area contributed by atoms with Crippen molar-refractivity contribution in [3.63, 3.8) is 0 Å². The molecule has 1 fully saturated rings. The van der Waals surface area contributed by atoms with Crippen LogP contribution >= 0.6 is 34.5 Å². The van der Waals surface area contributed by atoms with Gasteiger partial charge >= 0.3 is 0 Å². The first kappa shape index (κ1) is 22.7. The summed E-state index contributed by atoms with van der Waals surface area (Å²) in [5.74, 6) is 0.827. The molecule has 1 saturated heterocycles. The molecule has 1 amide bonds. The number of phenols is 1. The smallest absolute Gasteiger partial charge is 0.255 e. The van der Waals surface area contributed by atoms with E-state index in [1.54, 1.807) is 12.6 Å². The fourth-order valence-electron chi connectivity index (χ4n) is 4.26. The summed E-state index contributed by atoms with van der Waals surface area (Å²) in [7, 11) is 1.64. The second-order valence-corrected chi connectivity index (χ2v) is 9.66. The number of benzene rings is 2. The molecule has 2 atom stereocenters. The van der Waals surface area contributed by atoms with E-state index in [0.29, 0.717) is 13.0 Å². The van der Waals surface area contributed by atoms with Crippen molar-refractivity contribution in [1.82, 2.24) is 15.3 Å². The van der Waals surface area contributed by atoms with Crippen LogP contribution in [0.1, 0.15) is 28.4 Å². The molecule has 0 aliphatic carbocycles. The van der Waals surface area contributed by atoms with Crippen LogP contribution in [0.3, 0.4) is 0 Å². The van der Waals surface area contributed by atoms with Gasteiger partial charge in [-0.25, -0.2) is 9.97 Å². The maximum absolute atomic E-state index is 13.0. The predicted octanol–water partition coefficient (Wildman–Crippen LogP) is 5.46. The highest BCUT2D eigenvalue weighted by molar-refractivity contribution is 7.16. The molecule has 2 aromatic heterocycles. The van der Waals surface area contributed by atoms with E-state index in [2.05, 4.69) is 15.2 Å². The Balaban J connectivity index is 1.46. The van der Waals surface area contributed by atoms with E-state index in [9.17, 15) is 9.90 Å². The first-order valence-electron chi connectivity index (χ1n) is 10.5. The van der Waals surface area contributed by atoms with E-state index in [1.807, 2.05) is 36.4 Å². The highest BCUT2D eigenvalue weighted by Gasteiger charge is 2.35. The molecule has 2 N–H and O–H groups in total. The Labute approximate surface area is 209 Å². The minimum absolute atomic E-state index is 0.0296. The number of nitrogens with one attached hydrogen (secondary N) is 1. The lowest BCUT2D eigenvalue weighted by molar-refractivity contribution is 0.0937. The van der Waals surface area contributed by atoms with Gasteiger partial charge in [-0.05, 0) is 48.4 Å². The standard InChI is InChI=1S/C24H20Cl2N4O3S/c1-33-16-4-2-3-13(7-16)20-10-15(28-23(32)17-8-14(25)9-18(26)22(17)31)11-30(20)21-6-5-19-24(29-21)34-12-27-19/h2-9,12,15,20,31H,10-11H2,1H3,(H,28,32)/t15-,20+/m0/s1. The Morgan fingerprint density at radius 3 is 2.91 bits per heavy atom. The summed E-state index contributed by atoms with van der Waals surface area (Å²) in [6.07, 6.45) is 0.635. The number of halogens is 2. The van der Waals surface area contributed by atoms with Gasteiger partial charge in [-0.15, -0.1) is 11.3 Å². The summed E-state index contributed by atoms with van der Waals surface area (Å²) < 4.78 is 5.42. The van der Waals surface area contributed by atoms with Gasteiger partial charge in [0.15, 0.2) is 0 Å². The van der Waals surface area contributed by atoms with E-state index >= 15 is 0 Å². The Bertz CT molecular complexity index is 1380. The first-order chi connectivity index (χ1) is 16.4. The summed E-state index contributed by atoms with van der Waals surface area (Å²) in [5.41, 5.74) is 3.72. The van der Waals surface area contributed by atoms with E-state index < -0.39 is 5.91 Å². The van der Waals surface area contributed by atoms with Crippen LogP contribution in [-0.2, 0) is 0 Å². The second-order valence-electron chi connectivity index (χ2n) is 7.98. The molecule has 0 saturated carbocycles. The molecule has 7 nitrogen and oxygen atoms in total. The lowest BCUT2D eigenvalue weighted by Gasteiger charge is -2.26. The van der Waals surface area contributed by atoms with E-state index in [0.717, 1.165) is 27.5 Å². The number of methoxy groups -OCH3 is 1. The molecule has 1 aliphatic heterocycles. The van der Waals surface area contributed by atoms with Crippen molar-refractivity contribution in [2.45, 2.75) is 18.5 Å². The Hall–Kier alpha value is -3.07. The van der Waals surface area contributed by atoms with Gasteiger partial charge in [-0.2, -0.15) is 0 Å². The van der Waals surface area contributed by atoms with Gasteiger partial charge in [0.2, 0.25) is 0 Å². The zero-order valence-corrected chi connectivity index (χ0v) is 20.4. The van der Waals surface area contributed by atoms with Gasteiger partial charge in [0.1, 0.15) is 27.7 Å². The van der Waals surface area contributed by atoms with Gasteiger partial charge in [0.25, 0.3) is 5.91 Å². The zero-order chi connectivity index (χ0) is 23.8. The lowest BCUT2D eigenvalue weighted by Crippen LogP contribution is -2.37. The van der Waals surface area contributed by atoms with Crippen LogP contribution in [0.2, 0.25) is 10.0 Å². The topological polar surface area (TPSA) is 87.6 Å². The average molecular weight is 515 g/mol. The third-order valence-electron chi connectivity index (χ3n) is 5.86. The zero-order valence-electron chi connectivity index (χ0n) is 18.0. The molecule has 10 heteroatoms. The molecule has 4 aromatic rings. The number of rotatable bonds is 5. The van der Waals surface area contributed by atoms with Crippen molar-refractivity contribution in [1.29, 1.82) is 0 Å². The Morgan fingerprint density at radius 1 is 1.24 bits per heavy atom. The van der Waals surface area contributed by atoms with Crippen LogP contribution in [0.25, 0.3) is 10.3 Å². The fraction of sp³-hybridized carbons (Fsp3) is 0.208. The highest BCUT2D eigenvalue weighted by atomic mass is 35.5. The molecule has 0 unspecified atom stereocenters. The number of aromatic hydroxyl groups is 1. The number of aromatic nitrogens is 2. The Kier molecular flexibility index (Phi) is 6.20. The normalized spacial score (nSPS) is 17.8. The van der Waals surface area contributed by atoms with Gasteiger partial charge in [-0.3, -0.25) is 4.79 Å². The molecule has 3 heterocycles. The number of pyridine rings is 1. The largest absolute Gasteiger partial charge is 0.506 e. The van der Waals surface area contributed by atoms with Crippen molar-refractivity contribution in [2.75, 3.05) is 18.6 Å². The molecular weight excluding hydrogens is 495 g/mol. The summed E-state index contributed by atoms with van der Waals surface area (Å²) in [5, 5.41) is 13.6. The van der Waals surface area contributed by atoms with Crippen molar-refractivity contribution in [2.24, 2.45) is 0 Å². The summed E-state index contributed by atoms with van der Waals surface area (Å²) >= 11 is 13.5. The summed E-state index contributed by atoms with van der Waals surface area (Å²) in [6.45, 7) is 0.528. The summed E-state index contributed by atoms with van der Waals surface area (Å²) in [6, 6.07) is 14.3. The molecule has 34 heavy (non-hydrogen) atoms. The quantitative estimate of drug-likeness (QED) is 0.367. The second kappa shape index (κ2) is 9.29. The van der Waals surface area contributed by atoms with Gasteiger partial charge in [-0.1, -0.05) is 35.3 Å². The van der Waals surface area contributed by atoms with Crippen molar-refractivity contribution in [3.8, 4) is 11.5 Å². The maximum Gasteiger partial charge on any atom is 0.255 e. The summed E-state index contributed by atoms with van der Waals surface area (Å²) in [4.78, 5) is 25.2. The highest BCUT2D eigenvalue weighted by Crippen LogP contribution is 2.38. The number of phenolic OH excluding ortho intramolecular Hbond substituents is 1. The van der Waals surface area contributed by atoms with Gasteiger partial charge < -0.3 is 20.1 Å². The number of carbonyl (C=O) groups is 1. The van der Waals surface area contributed by atoms with Crippen molar-refractivity contribution in [3.05, 3.63) is 75.2 Å². The van der Waals surface area contributed by atoms with Crippen molar-refractivity contribution >= 4 is 56.6 Å². The number of amides is 1. The van der Waals surface area contributed by atoms with Crippen LogP contribution in [-0.4, -0.2) is 40.7 Å². The van der Waals surface area contributed by atoms with Crippen LogP contribution in [0.5, 0.6) is 11.5 Å². The average Bonchev–Trinajstić information content (AvgIpc) is 3.47. The lowest BCUT2D eigenvalue weighted by atomic mass is 10.0. The van der Waals surface area contributed by atoms with Crippen molar-refractivity contribution < 1.29 is 14.6 Å². The number of hydrogen-bond donors (Lipinski definition) is 2. The first-order valence-corrected chi connectivity index (χ1v) is 12.2. The molecule has 2 aromatic carbocycles. The number of fused-ring (bicyclic) bond motifs is 1. The monoisotopic (exact) mass is 514 g/mol. The molecule has 0 spiro atoms. The van der Waals surface area contributed by atoms with Crippen LogP contribution in [0.15, 0.2) is 54.0 Å². The number of ether oxygens (including phenoxy) is 1. The van der Waals surface area contributed by atoms with Gasteiger partial charge in [0.05, 0.1) is 29.2 Å². The number of anilines is 1. The molecule has 174 valence electrons. The molecule has 5 rings (SSSR count). The Morgan fingerprint density at radius 2 is 2.09 bits per heavy atom. The van der Waals surface area contributed by atoms with Crippen LogP contribution < -0.4 is 15.0 Å². The number of nitrogens with zero attached hydrogens (tertiary/aromatic N) is 3. The third kappa shape index (κ3) is 4.36. The number of carbonyl (C=O) groups excluding carboxylic acids is 1. The van der Waals surface area contributed by atoms with Gasteiger partial charge in [0, 0.05) is 17.6 Å². The van der Waals surface area contributed by atoms with E-state index in [-0.39, 0.29) is 33.4 Å². The molecule has 1 aliphatic rings. The number of hydrogen-bond acceptors (Lipinski definition) is 7. The minimum atomic E-state index is -0.441. The van der Waals surface area contributed by atoms with E-state index in [1.165, 1.54) is 23.5 Å². The maximum atomic E-state index is 13.0. The SMILES string of the molecule is COc1cccc([C@H]2C[C@H](NC(=O)c3cc(Cl)cc(Cl)c3O)CN2c2ccc3ncsc3n2)c1. The van der Waals surface area contributed by atoms with Crippen LogP contribution in [0.4, 0.5) is 5.82 Å². The molecule has 0 radical (unpaired) electrons. The molecular formula is C24H20Cl2N4O3S. The fourth-order valence-corrected chi connectivity index (χ4v) is 5.41. The van der Waals surface area contributed by atoms with E-state index in [4.69, 9.17) is 32.9 Å². The van der Waals surface area contributed by atoms with Crippen LogP contribution in [0, 0.1) is 0 Å². The predicted molar refractivity (Wildman–Crippen MR) is 134 cm³/mol. The minimum Gasteiger partial charge on any atom is -0.506 e.